The quantitative estimate of drug-likeness (QED) is 0.735. The van der Waals surface area contributed by atoms with Crippen LogP contribution in [0.5, 0.6) is 0 Å². The molecule has 5 nitrogen and oxygen atoms in total. The molecule has 29 heavy (non-hydrogen) atoms. The van der Waals surface area contributed by atoms with Crippen molar-refractivity contribution >= 4 is 11.6 Å². The van der Waals surface area contributed by atoms with Gasteiger partial charge in [-0.3, -0.25) is 9.59 Å². The number of fused-ring (bicyclic) bond motifs is 1. The van der Waals surface area contributed by atoms with Crippen LogP contribution in [-0.4, -0.2) is 15.7 Å². The number of nitrogens with one attached hydrogen (secondary N) is 1. The second kappa shape index (κ2) is 8.03. The molecule has 148 valence electrons. The molecular weight excluding hydrogens is 362 g/mol. The Hall–Kier alpha value is -3.21. The van der Waals surface area contributed by atoms with Crippen molar-refractivity contribution in [3.8, 4) is 11.3 Å². The summed E-state index contributed by atoms with van der Waals surface area (Å²) in [6.07, 6.45) is 3.66. The van der Waals surface area contributed by atoms with E-state index in [1.54, 1.807) is 0 Å². The van der Waals surface area contributed by atoms with E-state index >= 15 is 0 Å². The van der Waals surface area contributed by atoms with Crippen LogP contribution >= 0.6 is 0 Å². The number of anilines is 1. The average Bonchev–Trinajstić information content (AvgIpc) is 2.73. The minimum Gasteiger partial charge on any atom is -0.324 e. The van der Waals surface area contributed by atoms with Gasteiger partial charge in [0.1, 0.15) is 6.54 Å². The zero-order valence-electron chi connectivity index (χ0n) is 16.9. The molecule has 1 amide bonds. The number of hydrogen-bond donors (Lipinski definition) is 1. The smallest absolute Gasteiger partial charge is 0.270 e. The third kappa shape index (κ3) is 3.86. The van der Waals surface area contributed by atoms with E-state index in [0.717, 1.165) is 64.9 Å². The molecular formula is C24H25N3O2. The third-order valence-electron chi connectivity index (χ3n) is 5.55. The SMILES string of the molecule is Cc1cccc(C)c1NC(=O)Cn1nc(-c2ccccc2)c2c(c1=O)CCCC2. The average molecular weight is 387 g/mol. The number of benzene rings is 2. The second-order valence-electron chi connectivity index (χ2n) is 7.66. The molecule has 0 unspecified atom stereocenters. The predicted octanol–water partition coefficient (Wildman–Crippen LogP) is 4.04. The first kappa shape index (κ1) is 19.1. The van der Waals surface area contributed by atoms with Gasteiger partial charge in [0, 0.05) is 16.8 Å². The van der Waals surface area contributed by atoms with Crippen molar-refractivity contribution in [3.05, 3.63) is 81.1 Å². The summed E-state index contributed by atoms with van der Waals surface area (Å²) in [6.45, 7) is 3.82. The monoisotopic (exact) mass is 387 g/mol. The van der Waals surface area contributed by atoms with Crippen molar-refractivity contribution in [2.45, 2.75) is 46.1 Å². The van der Waals surface area contributed by atoms with Gasteiger partial charge in [0.05, 0.1) is 5.69 Å². The van der Waals surface area contributed by atoms with E-state index in [9.17, 15) is 9.59 Å². The van der Waals surface area contributed by atoms with Crippen LogP contribution in [0, 0.1) is 13.8 Å². The molecule has 2 aromatic carbocycles. The number of carbonyl (C=O) groups is 1. The van der Waals surface area contributed by atoms with Crippen molar-refractivity contribution in [3.63, 3.8) is 0 Å². The standard InChI is InChI=1S/C24H25N3O2/c1-16-9-8-10-17(2)22(16)25-21(28)15-27-24(29)20-14-7-6-13-19(20)23(26-27)18-11-4-3-5-12-18/h3-5,8-12H,6-7,13-15H2,1-2H3,(H,25,28). The maximum atomic E-state index is 13.0. The van der Waals surface area contributed by atoms with E-state index in [2.05, 4.69) is 10.4 Å². The van der Waals surface area contributed by atoms with E-state index in [0.29, 0.717) is 0 Å². The maximum Gasteiger partial charge on any atom is 0.270 e. The molecule has 1 aromatic heterocycles. The van der Waals surface area contributed by atoms with Gasteiger partial charge in [-0.1, -0.05) is 48.5 Å². The number of carbonyl (C=O) groups excluding carboxylic acids is 1. The number of aryl methyl sites for hydroxylation is 2. The van der Waals surface area contributed by atoms with Crippen LogP contribution in [0.2, 0.25) is 0 Å². The molecule has 3 aromatic rings. The third-order valence-corrected chi connectivity index (χ3v) is 5.55. The van der Waals surface area contributed by atoms with Crippen LogP contribution in [0.15, 0.2) is 53.3 Å². The maximum absolute atomic E-state index is 13.0. The number of rotatable bonds is 4. The summed E-state index contributed by atoms with van der Waals surface area (Å²) in [7, 11) is 0. The number of aromatic nitrogens is 2. The molecule has 0 atom stereocenters. The van der Waals surface area contributed by atoms with E-state index in [-0.39, 0.29) is 18.0 Å². The fourth-order valence-electron chi connectivity index (χ4n) is 4.05. The molecule has 4 rings (SSSR count). The minimum absolute atomic E-state index is 0.0975. The lowest BCUT2D eigenvalue weighted by atomic mass is 9.90. The molecule has 1 heterocycles. The van der Waals surface area contributed by atoms with Crippen molar-refractivity contribution in [2.24, 2.45) is 0 Å². The largest absolute Gasteiger partial charge is 0.324 e. The molecule has 1 aliphatic rings. The van der Waals surface area contributed by atoms with E-state index < -0.39 is 0 Å². The molecule has 0 saturated carbocycles. The molecule has 0 saturated heterocycles. The summed E-state index contributed by atoms with van der Waals surface area (Å²) in [5.74, 6) is -0.244. The highest BCUT2D eigenvalue weighted by Crippen LogP contribution is 2.28. The lowest BCUT2D eigenvalue weighted by Crippen LogP contribution is -2.34. The summed E-state index contributed by atoms with van der Waals surface area (Å²) in [5, 5.41) is 7.58. The Balaban J connectivity index is 1.70. The molecule has 0 bridgehead atoms. The highest BCUT2D eigenvalue weighted by atomic mass is 16.2. The van der Waals surface area contributed by atoms with Crippen LogP contribution in [0.4, 0.5) is 5.69 Å². The Morgan fingerprint density at radius 1 is 0.966 bits per heavy atom. The highest BCUT2D eigenvalue weighted by Gasteiger charge is 2.22. The Morgan fingerprint density at radius 2 is 1.62 bits per heavy atom. The van der Waals surface area contributed by atoms with Gasteiger partial charge in [-0.15, -0.1) is 0 Å². The van der Waals surface area contributed by atoms with Gasteiger partial charge in [0.2, 0.25) is 5.91 Å². The zero-order chi connectivity index (χ0) is 20.4. The molecule has 0 aliphatic heterocycles. The van der Waals surface area contributed by atoms with Gasteiger partial charge in [0.25, 0.3) is 5.56 Å². The van der Waals surface area contributed by atoms with Crippen LogP contribution < -0.4 is 10.9 Å². The molecule has 0 fully saturated rings. The summed E-state index contributed by atoms with van der Waals surface area (Å²) in [4.78, 5) is 25.8. The number of hydrogen-bond acceptors (Lipinski definition) is 3. The van der Waals surface area contributed by atoms with Crippen LogP contribution in [0.25, 0.3) is 11.3 Å². The van der Waals surface area contributed by atoms with Crippen molar-refractivity contribution < 1.29 is 4.79 Å². The van der Waals surface area contributed by atoms with E-state index in [4.69, 9.17) is 0 Å². The van der Waals surface area contributed by atoms with Crippen molar-refractivity contribution in [1.82, 2.24) is 9.78 Å². The van der Waals surface area contributed by atoms with Gasteiger partial charge in [-0.2, -0.15) is 5.10 Å². The number of nitrogens with zero attached hydrogens (tertiary/aromatic N) is 2. The van der Waals surface area contributed by atoms with Crippen LogP contribution in [-0.2, 0) is 24.2 Å². The predicted molar refractivity (Wildman–Crippen MR) is 115 cm³/mol. The lowest BCUT2D eigenvalue weighted by molar-refractivity contribution is -0.117. The Kier molecular flexibility index (Phi) is 5.30. The fraction of sp³-hybridized carbons (Fsp3) is 0.292. The van der Waals surface area contributed by atoms with Gasteiger partial charge in [-0.25, -0.2) is 4.68 Å². The first-order valence-corrected chi connectivity index (χ1v) is 10.1. The van der Waals surface area contributed by atoms with Gasteiger partial charge in [-0.05, 0) is 56.2 Å². The van der Waals surface area contributed by atoms with E-state index in [1.165, 1.54) is 4.68 Å². The molecule has 0 radical (unpaired) electrons. The van der Waals surface area contributed by atoms with Crippen LogP contribution in [0.3, 0.4) is 0 Å². The molecule has 0 spiro atoms. The van der Waals surface area contributed by atoms with Gasteiger partial charge in [0.15, 0.2) is 0 Å². The highest BCUT2D eigenvalue weighted by molar-refractivity contribution is 5.92. The topological polar surface area (TPSA) is 64.0 Å². The molecule has 5 heteroatoms. The number of para-hydroxylation sites is 1. The van der Waals surface area contributed by atoms with Gasteiger partial charge >= 0.3 is 0 Å². The fourth-order valence-corrected chi connectivity index (χ4v) is 4.05. The normalized spacial score (nSPS) is 13.0. The van der Waals surface area contributed by atoms with E-state index in [1.807, 2.05) is 62.4 Å². The summed E-state index contributed by atoms with van der Waals surface area (Å²) in [6, 6.07) is 15.8. The van der Waals surface area contributed by atoms with Gasteiger partial charge < -0.3 is 5.32 Å². The zero-order valence-corrected chi connectivity index (χ0v) is 16.9. The Morgan fingerprint density at radius 3 is 2.31 bits per heavy atom. The Bertz CT molecular complexity index is 1100. The second-order valence-corrected chi connectivity index (χ2v) is 7.66. The van der Waals surface area contributed by atoms with Crippen molar-refractivity contribution in [1.29, 1.82) is 0 Å². The first-order chi connectivity index (χ1) is 14.0. The number of amides is 1. The molecule has 1 aliphatic carbocycles. The minimum atomic E-state index is -0.244. The summed E-state index contributed by atoms with van der Waals surface area (Å²) < 4.78 is 1.33. The first-order valence-electron chi connectivity index (χ1n) is 10.1. The van der Waals surface area contributed by atoms with Crippen molar-refractivity contribution in [2.75, 3.05) is 5.32 Å². The summed E-state index contributed by atoms with van der Waals surface area (Å²) >= 11 is 0. The lowest BCUT2D eigenvalue weighted by Gasteiger charge is -2.20. The van der Waals surface area contributed by atoms with Crippen LogP contribution in [0.1, 0.15) is 35.1 Å². The Labute approximate surface area is 170 Å². The summed E-state index contributed by atoms with van der Waals surface area (Å²) in [5.41, 5.74) is 6.30. The molecule has 1 N–H and O–H groups in total.